The fraction of sp³-hybridized carbons (Fsp3) is 0.321. The highest BCUT2D eigenvalue weighted by molar-refractivity contribution is 6.06. The summed E-state index contributed by atoms with van der Waals surface area (Å²) < 4.78 is 8.44. The van der Waals surface area contributed by atoms with E-state index in [0.29, 0.717) is 40.1 Å². The number of rotatable bonds is 8. The van der Waals surface area contributed by atoms with Crippen molar-refractivity contribution in [3.8, 4) is 5.69 Å². The average Bonchev–Trinajstić information content (AvgIpc) is 3.21. The zero-order chi connectivity index (χ0) is 25.2. The molecule has 0 aliphatic carbocycles. The monoisotopic (exact) mass is 483 g/mol. The Bertz CT molecular complexity index is 1630. The molecule has 8 heteroatoms. The highest BCUT2D eigenvalue weighted by atomic mass is 16.5. The number of esters is 1. The van der Waals surface area contributed by atoms with Crippen LogP contribution in [0.1, 0.15) is 55.2 Å². The van der Waals surface area contributed by atoms with E-state index in [4.69, 9.17) is 19.7 Å². The van der Waals surface area contributed by atoms with Crippen LogP contribution in [-0.2, 0) is 11.3 Å². The summed E-state index contributed by atoms with van der Waals surface area (Å²) in [5.41, 5.74) is 4.11. The van der Waals surface area contributed by atoms with Gasteiger partial charge in [-0.3, -0.25) is 13.9 Å². The Labute approximate surface area is 208 Å². The number of ether oxygens (including phenoxy) is 1. The minimum absolute atomic E-state index is 0.104. The molecule has 0 fully saturated rings. The number of aryl methyl sites for hydroxylation is 1. The Kier molecular flexibility index (Phi) is 6.50. The number of carbonyl (C=O) groups is 1. The van der Waals surface area contributed by atoms with Gasteiger partial charge in [0.1, 0.15) is 16.7 Å². The fourth-order valence-corrected chi connectivity index (χ4v) is 4.68. The van der Waals surface area contributed by atoms with Gasteiger partial charge in [0, 0.05) is 12.2 Å². The number of unbranched alkanes of at least 4 members (excludes halogenated alkanes) is 4. The SMILES string of the molecule is CCCCCCCn1c(C)nc2c(c1=O)c1nc3ccccc3nc1n2-c1ccc(C(=O)OC)cc1. The molecule has 0 unspecified atom stereocenters. The first kappa shape index (κ1) is 23.7. The number of nitrogens with zero attached hydrogens (tertiary/aromatic N) is 5. The van der Waals surface area contributed by atoms with Crippen LogP contribution in [0.25, 0.3) is 38.9 Å². The number of aromatic nitrogens is 5. The van der Waals surface area contributed by atoms with E-state index in [1.165, 1.54) is 20.0 Å². The summed E-state index contributed by atoms with van der Waals surface area (Å²) in [5, 5.41) is 0.458. The third kappa shape index (κ3) is 4.12. The molecule has 2 aromatic carbocycles. The minimum atomic E-state index is -0.412. The van der Waals surface area contributed by atoms with Crippen molar-refractivity contribution < 1.29 is 9.53 Å². The van der Waals surface area contributed by atoms with E-state index in [9.17, 15) is 9.59 Å². The second kappa shape index (κ2) is 9.89. The lowest BCUT2D eigenvalue weighted by atomic mass is 10.1. The molecule has 0 radical (unpaired) electrons. The number of fused-ring (bicyclic) bond motifs is 4. The maximum absolute atomic E-state index is 13.8. The standard InChI is InChI=1S/C28H29N5O3/c1-4-5-6-7-10-17-32-18(2)29-25-23(27(32)34)24-26(31-22-12-9-8-11-21(22)30-24)33(25)20-15-13-19(14-16-20)28(35)36-3/h8-9,11-16H,4-7,10,17H2,1-3H3. The van der Waals surface area contributed by atoms with Gasteiger partial charge in [0.2, 0.25) is 0 Å². The molecule has 0 saturated carbocycles. The van der Waals surface area contributed by atoms with Crippen molar-refractivity contribution in [2.24, 2.45) is 0 Å². The summed E-state index contributed by atoms with van der Waals surface area (Å²) in [6.07, 6.45) is 5.56. The Morgan fingerprint density at radius 2 is 1.58 bits per heavy atom. The van der Waals surface area contributed by atoms with Crippen molar-refractivity contribution in [2.75, 3.05) is 7.11 Å². The van der Waals surface area contributed by atoms with Crippen molar-refractivity contribution in [1.82, 2.24) is 24.1 Å². The molecule has 0 aliphatic heterocycles. The van der Waals surface area contributed by atoms with Crippen molar-refractivity contribution >= 4 is 39.2 Å². The predicted octanol–water partition coefficient (Wildman–Crippen LogP) is 5.35. The number of methoxy groups -OCH3 is 1. The second-order valence-corrected chi connectivity index (χ2v) is 8.99. The maximum atomic E-state index is 13.8. The Morgan fingerprint density at radius 3 is 2.28 bits per heavy atom. The van der Waals surface area contributed by atoms with Crippen LogP contribution in [-0.4, -0.2) is 37.2 Å². The number of para-hydroxylation sites is 2. The lowest BCUT2D eigenvalue weighted by molar-refractivity contribution is 0.0600. The number of hydrogen-bond acceptors (Lipinski definition) is 6. The maximum Gasteiger partial charge on any atom is 0.337 e. The normalized spacial score (nSPS) is 11.5. The van der Waals surface area contributed by atoms with E-state index in [1.54, 1.807) is 28.8 Å². The quantitative estimate of drug-likeness (QED) is 0.218. The fourth-order valence-electron chi connectivity index (χ4n) is 4.68. The largest absolute Gasteiger partial charge is 0.465 e. The highest BCUT2D eigenvalue weighted by Gasteiger charge is 2.22. The van der Waals surface area contributed by atoms with Crippen molar-refractivity contribution in [1.29, 1.82) is 0 Å². The van der Waals surface area contributed by atoms with E-state index >= 15 is 0 Å². The van der Waals surface area contributed by atoms with Crippen molar-refractivity contribution in [2.45, 2.75) is 52.5 Å². The summed E-state index contributed by atoms with van der Waals surface area (Å²) in [7, 11) is 1.35. The van der Waals surface area contributed by atoms with Crippen LogP contribution in [0, 0.1) is 6.92 Å². The van der Waals surface area contributed by atoms with Crippen LogP contribution in [0.15, 0.2) is 53.3 Å². The molecule has 0 N–H and O–H groups in total. The molecule has 0 bridgehead atoms. The number of carbonyl (C=O) groups excluding carboxylic acids is 1. The second-order valence-electron chi connectivity index (χ2n) is 8.99. The minimum Gasteiger partial charge on any atom is -0.465 e. The zero-order valence-electron chi connectivity index (χ0n) is 20.8. The third-order valence-electron chi connectivity index (χ3n) is 6.59. The molecule has 0 aliphatic rings. The summed E-state index contributed by atoms with van der Waals surface area (Å²) in [6.45, 7) is 4.68. The summed E-state index contributed by atoms with van der Waals surface area (Å²) >= 11 is 0. The summed E-state index contributed by atoms with van der Waals surface area (Å²) in [5.74, 6) is 0.244. The van der Waals surface area contributed by atoms with Crippen LogP contribution in [0.3, 0.4) is 0 Å². The predicted molar refractivity (Wildman–Crippen MR) is 141 cm³/mol. The van der Waals surface area contributed by atoms with E-state index in [0.717, 1.165) is 36.0 Å². The Hall–Kier alpha value is -4.07. The lowest BCUT2D eigenvalue weighted by Crippen LogP contribution is -2.24. The van der Waals surface area contributed by atoms with Crippen LogP contribution in [0.5, 0.6) is 0 Å². The van der Waals surface area contributed by atoms with Gasteiger partial charge in [-0.1, -0.05) is 44.7 Å². The number of hydrogen-bond donors (Lipinski definition) is 0. The molecule has 5 rings (SSSR count). The molecule has 184 valence electrons. The molecular weight excluding hydrogens is 454 g/mol. The Balaban J connectivity index is 1.73. The van der Waals surface area contributed by atoms with Gasteiger partial charge in [0.15, 0.2) is 11.3 Å². The molecule has 0 saturated heterocycles. The molecule has 3 heterocycles. The van der Waals surface area contributed by atoms with E-state index in [-0.39, 0.29) is 5.56 Å². The first-order valence-corrected chi connectivity index (χ1v) is 12.4. The number of benzene rings is 2. The van der Waals surface area contributed by atoms with Gasteiger partial charge in [0.25, 0.3) is 5.56 Å². The molecule has 8 nitrogen and oxygen atoms in total. The van der Waals surface area contributed by atoms with Gasteiger partial charge in [-0.15, -0.1) is 0 Å². The first-order valence-electron chi connectivity index (χ1n) is 12.4. The van der Waals surface area contributed by atoms with Crippen LogP contribution < -0.4 is 5.56 Å². The highest BCUT2D eigenvalue weighted by Crippen LogP contribution is 2.29. The van der Waals surface area contributed by atoms with Gasteiger partial charge in [0.05, 0.1) is 23.7 Å². The molecule has 0 amide bonds. The van der Waals surface area contributed by atoms with E-state index < -0.39 is 5.97 Å². The third-order valence-corrected chi connectivity index (χ3v) is 6.59. The first-order chi connectivity index (χ1) is 17.5. The molecule has 36 heavy (non-hydrogen) atoms. The molecule has 0 atom stereocenters. The summed E-state index contributed by atoms with van der Waals surface area (Å²) in [4.78, 5) is 40.4. The molecule has 3 aromatic heterocycles. The van der Waals surface area contributed by atoms with Gasteiger partial charge in [-0.05, 0) is 49.7 Å². The van der Waals surface area contributed by atoms with Crippen LogP contribution in [0.2, 0.25) is 0 Å². The lowest BCUT2D eigenvalue weighted by Gasteiger charge is -2.11. The van der Waals surface area contributed by atoms with Gasteiger partial charge in [-0.25, -0.2) is 19.7 Å². The van der Waals surface area contributed by atoms with Crippen molar-refractivity contribution in [3.05, 3.63) is 70.3 Å². The molecule has 0 spiro atoms. The smallest absolute Gasteiger partial charge is 0.337 e. The summed E-state index contributed by atoms with van der Waals surface area (Å²) in [6, 6.07) is 14.6. The van der Waals surface area contributed by atoms with Crippen molar-refractivity contribution in [3.63, 3.8) is 0 Å². The van der Waals surface area contributed by atoms with Crippen LogP contribution in [0.4, 0.5) is 0 Å². The average molecular weight is 484 g/mol. The molecule has 5 aromatic rings. The van der Waals surface area contributed by atoms with Gasteiger partial charge in [-0.2, -0.15) is 0 Å². The zero-order valence-corrected chi connectivity index (χ0v) is 20.8. The van der Waals surface area contributed by atoms with E-state index in [2.05, 4.69) is 6.92 Å². The Morgan fingerprint density at radius 1 is 0.889 bits per heavy atom. The van der Waals surface area contributed by atoms with E-state index in [1.807, 2.05) is 35.8 Å². The topological polar surface area (TPSA) is 91.9 Å². The van der Waals surface area contributed by atoms with Gasteiger partial charge < -0.3 is 4.74 Å². The van der Waals surface area contributed by atoms with Gasteiger partial charge >= 0.3 is 5.97 Å². The molecular formula is C28H29N5O3. The van der Waals surface area contributed by atoms with Crippen LogP contribution >= 0.6 is 0 Å².